The van der Waals surface area contributed by atoms with E-state index in [2.05, 4.69) is 42.1 Å². The number of hydrogen-bond donors (Lipinski definition) is 1. The average Bonchev–Trinajstić information content (AvgIpc) is 2.94. The molecule has 2 rings (SSSR count). The molecule has 2 aromatic heterocycles. The van der Waals surface area contributed by atoms with Crippen molar-refractivity contribution in [3.63, 3.8) is 0 Å². The monoisotopic (exact) mass is 348 g/mol. The van der Waals surface area contributed by atoms with E-state index in [0.29, 0.717) is 5.82 Å². The zero-order valence-electron chi connectivity index (χ0n) is 15.5. The van der Waals surface area contributed by atoms with E-state index in [4.69, 9.17) is 10.7 Å². The number of aromatic nitrogens is 3. The first-order valence-corrected chi connectivity index (χ1v) is 10.5. The molecular weight excluding hydrogens is 316 g/mol. The van der Waals surface area contributed by atoms with Gasteiger partial charge in [0.1, 0.15) is 11.3 Å². The topological polar surface area (TPSA) is 56.7 Å². The summed E-state index contributed by atoms with van der Waals surface area (Å²) in [6.45, 7) is 7.60. The van der Waals surface area contributed by atoms with Crippen LogP contribution in [-0.4, -0.2) is 26.0 Å². The molecule has 2 heterocycles. The highest BCUT2D eigenvalue weighted by molar-refractivity contribution is 7.99. The van der Waals surface area contributed by atoms with Gasteiger partial charge in [-0.3, -0.25) is 0 Å². The Morgan fingerprint density at radius 1 is 1.08 bits per heavy atom. The maximum Gasteiger partial charge on any atom is 0.151 e. The minimum atomic E-state index is 0.555. The second-order valence-electron chi connectivity index (χ2n) is 6.48. The second-order valence-corrected chi connectivity index (χ2v) is 7.70. The van der Waals surface area contributed by atoms with Crippen LogP contribution in [0, 0.1) is 6.92 Å². The molecular formula is C19H32N4S. The molecule has 0 bridgehead atoms. The molecule has 0 spiro atoms. The van der Waals surface area contributed by atoms with Gasteiger partial charge in [0.2, 0.25) is 0 Å². The van der Waals surface area contributed by atoms with Crippen LogP contribution in [0.4, 0.5) is 5.82 Å². The van der Waals surface area contributed by atoms with E-state index in [9.17, 15) is 0 Å². The van der Waals surface area contributed by atoms with Crippen LogP contribution in [0.2, 0.25) is 0 Å². The molecule has 0 saturated carbocycles. The molecule has 0 aromatic carbocycles. The molecule has 0 aliphatic heterocycles. The molecule has 0 unspecified atom stereocenters. The van der Waals surface area contributed by atoms with Gasteiger partial charge in [0.25, 0.3) is 0 Å². The number of unbranched alkanes of at least 4 members (excludes halogenated alkanes) is 3. The van der Waals surface area contributed by atoms with Crippen molar-refractivity contribution in [2.75, 3.05) is 17.2 Å². The van der Waals surface area contributed by atoms with Crippen molar-refractivity contribution >= 4 is 28.6 Å². The van der Waals surface area contributed by atoms with Crippen molar-refractivity contribution in [1.82, 2.24) is 14.5 Å². The van der Waals surface area contributed by atoms with Crippen molar-refractivity contribution in [2.45, 2.75) is 72.3 Å². The summed E-state index contributed by atoms with van der Waals surface area (Å²) in [7, 11) is 0. The van der Waals surface area contributed by atoms with E-state index >= 15 is 0 Å². The number of imidazole rings is 1. The van der Waals surface area contributed by atoms with Gasteiger partial charge in [-0.15, -0.1) is 0 Å². The summed E-state index contributed by atoms with van der Waals surface area (Å²) in [5, 5.41) is 0. The van der Waals surface area contributed by atoms with Crippen LogP contribution in [0.3, 0.4) is 0 Å². The minimum absolute atomic E-state index is 0.555. The van der Waals surface area contributed by atoms with Crippen molar-refractivity contribution in [3.8, 4) is 0 Å². The lowest BCUT2D eigenvalue weighted by atomic mass is 10.2. The summed E-state index contributed by atoms with van der Waals surface area (Å²) < 4.78 is 2.39. The Kier molecular flexibility index (Phi) is 7.89. The third-order valence-electron chi connectivity index (χ3n) is 4.35. The Hall–Kier alpha value is -1.23. The number of thioether (sulfide) groups is 1. The number of nitrogens with zero attached hydrogens (tertiary/aromatic N) is 3. The molecule has 0 amide bonds. The molecule has 4 nitrogen and oxygen atoms in total. The van der Waals surface area contributed by atoms with E-state index in [-0.39, 0.29) is 0 Å². The quantitative estimate of drug-likeness (QED) is 0.582. The maximum absolute atomic E-state index is 6.05. The first-order valence-electron chi connectivity index (χ1n) is 9.36. The molecule has 0 aliphatic rings. The lowest BCUT2D eigenvalue weighted by molar-refractivity contribution is 0.589. The first-order chi connectivity index (χ1) is 11.7. The largest absolute Gasteiger partial charge is 0.382 e. The standard InChI is InChI=1S/C19H32N4S/c1-4-6-12-24-13-9-7-8-11-23-16(10-5-2)22-17-18(23)15(3)14-21-19(17)20/h14H,4-13H2,1-3H3,(H2,20,21). The van der Waals surface area contributed by atoms with E-state index in [1.807, 2.05) is 6.20 Å². The maximum atomic E-state index is 6.05. The van der Waals surface area contributed by atoms with Gasteiger partial charge in [0.05, 0.1) is 5.52 Å². The first kappa shape index (κ1) is 19.1. The minimum Gasteiger partial charge on any atom is -0.382 e. The van der Waals surface area contributed by atoms with Crippen molar-refractivity contribution < 1.29 is 0 Å². The number of rotatable bonds is 11. The third kappa shape index (κ3) is 4.88. The SMILES string of the molecule is CCCCSCCCCCn1c(CCC)nc2c(N)ncc(C)c21. The van der Waals surface area contributed by atoms with Gasteiger partial charge in [0, 0.05) is 19.2 Å². The fourth-order valence-corrected chi connectivity index (χ4v) is 4.13. The summed E-state index contributed by atoms with van der Waals surface area (Å²) in [4.78, 5) is 9.05. The van der Waals surface area contributed by atoms with Crippen LogP contribution in [0.15, 0.2) is 6.20 Å². The van der Waals surface area contributed by atoms with Gasteiger partial charge in [-0.1, -0.05) is 26.7 Å². The predicted molar refractivity (Wildman–Crippen MR) is 107 cm³/mol. The normalized spacial score (nSPS) is 11.5. The molecule has 2 aromatic rings. The fraction of sp³-hybridized carbons (Fsp3) is 0.684. The van der Waals surface area contributed by atoms with Crippen LogP contribution in [-0.2, 0) is 13.0 Å². The summed E-state index contributed by atoms with van der Waals surface area (Å²) in [6.07, 6.45) is 10.4. The van der Waals surface area contributed by atoms with E-state index in [0.717, 1.165) is 30.7 Å². The van der Waals surface area contributed by atoms with Gasteiger partial charge >= 0.3 is 0 Å². The number of anilines is 1. The zero-order chi connectivity index (χ0) is 17.4. The molecule has 2 N–H and O–H groups in total. The predicted octanol–water partition coefficient (Wildman–Crippen LogP) is 4.98. The van der Waals surface area contributed by atoms with E-state index < -0.39 is 0 Å². The highest BCUT2D eigenvalue weighted by atomic mass is 32.2. The number of nitrogens with two attached hydrogens (primary N) is 1. The Labute approximate surface area is 150 Å². The van der Waals surface area contributed by atoms with Gasteiger partial charge < -0.3 is 10.3 Å². The van der Waals surface area contributed by atoms with Crippen molar-refractivity contribution in [3.05, 3.63) is 17.6 Å². The van der Waals surface area contributed by atoms with Crippen LogP contribution < -0.4 is 5.73 Å². The summed E-state index contributed by atoms with van der Waals surface area (Å²) >= 11 is 2.10. The Morgan fingerprint density at radius 3 is 2.62 bits per heavy atom. The Balaban J connectivity index is 1.97. The number of nitrogen functional groups attached to an aromatic ring is 1. The fourth-order valence-electron chi connectivity index (χ4n) is 3.02. The smallest absolute Gasteiger partial charge is 0.151 e. The number of pyridine rings is 1. The van der Waals surface area contributed by atoms with Crippen LogP contribution >= 0.6 is 11.8 Å². The molecule has 0 saturated heterocycles. The van der Waals surface area contributed by atoms with Crippen LogP contribution in [0.1, 0.15) is 63.8 Å². The summed E-state index contributed by atoms with van der Waals surface area (Å²) in [5.41, 5.74) is 9.29. The second kappa shape index (κ2) is 9.92. The number of hydrogen-bond acceptors (Lipinski definition) is 4. The van der Waals surface area contributed by atoms with Crippen LogP contribution in [0.25, 0.3) is 11.0 Å². The average molecular weight is 349 g/mol. The van der Waals surface area contributed by atoms with Gasteiger partial charge in [-0.2, -0.15) is 11.8 Å². The molecule has 5 heteroatoms. The van der Waals surface area contributed by atoms with Gasteiger partial charge in [-0.05, 0) is 49.7 Å². The molecule has 0 fully saturated rings. The zero-order valence-corrected chi connectivity index (χ0v) is 16.3. The van der Waals surface area contributed by atoms with Crippen LogP contribution in [0.5, 0.6) is 0 Å². The third-order valence-corrected chi connectivity index (χ3v) is 5.50. The number of fused-ring (bicyclic) bond motifs is 1. The van der Waals surface area contributed by atoms with Crippen molar-refractivity contribution in [2.24, 2.45) is 0 Å². The van der Waals surface area contributed by atoms with E-state index in [1.165, 1.54) is 54.7 Å². The lowest BCUT2D eigenvalue weighted by Gasteiger charge is -2.10. The lowest BCUT2D eigenvalue weighted by Crippen LogP contribution is -2.05. The summed E-state index contributed by atoms with van der Waals surface area (Å²) in [6, 6.07) is 0. The molecule has 134 valence electrons. The van der Waals surface area contributed by atoms with Crippen molar-refractivity contribution in [1.29, 1.82) is 0 Å². The molecule has 0 aliphatic carbocycles. The van der Waals surface area contributed by atoms with E-state index in [1.54, 1.807) is 0 Å². The Bertz CT molecular complexity index is 636. The highest BCUT2D eigenvalue weighted by Crippen LogP contribution is 2.25. The molecule has 0 atom stereocenters. The number of aryl methyl sites for hydroxylation is 3. The van der Waals surface area contributed by atoms with Gasteiger partial charge in [0.15, 0.2) is 5.82 Å². The molecule has 0 radical (unpaired) electrons. The highest BCUT2D eigenvalue weighted by Gasteiger charge is 2.14. The Morgan fingerprint density at radius 2 is 1.88 bits per heavy atom. The van der Waals surface area contributed by atoms with Gasteiger partial charge in [-0.25, -0.2) is 9.97 Å². The summed E-state index contributed by atoms with van der Waals surface area (Å²) in [5.74, 6) is 4.32. The molecule has 24 heavy (non-hydrogen) atoms.